The van der Waals surface area contributed by atoms with Crippen molar-refractivity contribution in [2.24, 2.45) is 0 Å². The van der Waals surface area contributed by atoms with Gasteiger partial charge in [-0.3, -0.25) is 20.4 Å². The fraction of sp³-hybridized carbons (Fsp3) is 0.0741. The molecular weight excluding hydrogens is 583 g/mol. The van der Waals surface area contributed by atoms with E-state index in [9.17, 15) is 9.59 Å². The third-order valence-electron chi connectivity index (χ3n) is 5.46. The predicted octanol–water partition coefficient (Wildman–Crippen LogP) is 4.91. The molecule has 0 saturated heterocycles. The second-order valence-corrected chi connectivity index (χ2v) is 9.07. The van der Waals surface area contributed by atoms with E-state index in [0.717, 1.165) is 9.26 Å². The number of halogens is 1. The van der Waals surface area contributed by atoms with Crippen LogP contribution in [0.15, 0.2) is 84.9 Å². The van der Waals surface area contributed by atoms with Crippen molar-refractivity contribution in [3.63, 3.8) is 0 Å². The van der Waals surface area contributed by atoms with Gasteiger partial charge in [-0.05, 0) is 59.0 Å². The Balaban J connectivity index is 1.61. The summed E-state index contributed by atoms with van der Waals surface area (Å²) in [6, 6.07) is 25.9. The molecule has 184 valence electrons. The van der Waals surface area contributed by atoms with E-state index in [1.165, 1.54) is 6.92 Å². The third-order valence-corrected chi connectivity index (χ3v) is 6.59. The Morgan fingerprint density at radius 2 is 1.49 bits per heavy atom. The summed E-state index contributed by atoms with van der Waals surface area (Å²) in [6.07, 6.45) is 0. The van der Waals surface area contributed by atoms with Crippen LogP contribution in [0.2, 0.25) is 0 Å². The zero-order valence-electron chi connectivity index (χ0n) is 19.7. The Morgan fingerprint density at radius 3 is 2.16 bits per heavy atom. The molecule has 2 heterocycles. The number of esters is 1. The maximum absolute atomic E-state index is 12.7. The molecule has 0 aliphatic rings. The molecule has 2 N–H and O–H groups in total. The molecule has 0 saturated carbocycles. The lowest BCUT2D eigenvalue weighted by Crippen LogP contribution is -2.30. The number of hydrazine groups is 1. The van der Waals surface area contributed by atoms with Crippen LogP contribution >= 0.6 is 22.6 Å². The zero-order valence-corrected chi connectivity index (χ0v) is 21.8. The number of hydrogen-bond acceptors (Lipinski definition) is 7. The SMILES string of the molecule is CC(=O)OCc1c(I)c(-c2nc3ccccc3nc2NNC(=O)c2ccccc2)nn1-c1ccccc1. The van der Waals surface area contributed by atoms with Crippen molar-refractivity contribution in [1.29, 1.82) is 0 Å². The summed E-state index contributed by atoms with van der Waals surface area (Å²) in [5, 5.41) is 4.84. The van der Waals surface area contributed by atoms with Crippen molar-refractivity contribution in [2.75, 3.05) is 5.43 Å². The summed E-state index contributed by atoms with van der Waals surface area (Å²) in [5.41, 5.74) is 9.92. The lowest BCUT2D eigenvalue weighted by Gasteiger charge is -2.12. The van der Waals surface area contributed by atoms with Gasteiger partial charge in [-0.2, -0.15) is 5.10 Å². The van der Waals surface area contributed by atoms with Crippen LogP contribution < -0.4 is 10.9 Å². The molecule has 0 atom stereocenters. The van der Waals surface area contributed by atoms with Gasteiger partial charge in [-0.25, -0.2) is 14.6 Å². The van der Waals surface area contributed by atoms with Gasteiger partial charge in [0, 0.05) is 12.5 Å². The highest BCUT2D eigenvalue weighted by atomic mass is 127. The number of rotatable bonds is 7. The maximum Gasteiger partial charge on any atom is 0.303 e. The van der Waals surface area contributed by atoms with Crippen LogP contribution in [-0.4, -0.2) is 31.6 Å². The number of nitrogens with one attached hydrogen (secondary N) is 2. The van der Waals surface area contributed by atoms with E-state index in [1.807, 2.05) is 60.7 Å². The van der Waals surface area contributed by atoms with Crippen LogP contribution in [0.5, 0.6) is 0 Å². The average molecular weight is 604 g/mol. The highest BCUT2D eigenvalue weighted by molar-refractivity contribution is 14.1. The zero-order chi connectivity index (χ0) is 25.8. The molecule has 1 amide bonds. The second-order valence-electron chi connectivity index (χ2n) is 7.99. The summed E-state index contributed by atoms with van der Waals surface area (Å²) in [5.74, 6) is -0.381. The number of hydrogen-bond donors (Lipinski definition) is 2. The van der Waals surface area contributed by atoms with Gasteiger partial charge in [0.05, 0.1) is 26.0 Å². The number of anilines is 1. The summed E-state index contributed by atoms with van der Waals surface area (Å²) in [4.78, 5) is 33.8. The number of para-hydroxylation sites is 3. The number of carbonyl (C=O) groups is 2. The molecule has 0 unspecified atom stereocenters. The smallest absolute Gasteiger partial charge is 0.303 e. The van der Waals surface area contributed by atoms with Crippen LogP contribution in [-0.2, 0) is 16.1 Å². The fourth-order valence-electron chi connectivity index (χ4n) is 3.69. The lowest BCUT2D eigenvalue weighted by molar-refractivity contribution is -0.142. The Hall–Kier alpha value is -4.32. The van der Waals surface area contributed by atoms with Gasteiger partial charge < -0.3 is 4.74 Å². The average Bonchev–Trinajstić information content (AvgIpc) is 3.26. The molecule has 0 bridgehead atoms. The normalized spacial score (nSPS) is 10.8. The highest BCUT2D eigenvalue weighted by Crippen LogP contribution is 2.33. The molecule has 37 heavy (non-hydrogen) atoms. The summed E-state index contributed by atoms with van der Waals surface area (Å²) >= 11 is 2.17. The number of carbonyl (C=O) groups excluding carboxylic acids is 2. The first kappa shape index (κ1) is 24.4. The summed E-state index contributed by atoms with van der Waals surface area (Å²) in [7, 11) is 0. The van der Waals surface area contributed by atoms with Crippen LogP contribution in [0.3, 0.4) is 0 Å². The number of benzene rings is 3. The van der Waals surface area contributed by atoms with Crippen LogP contribution in [0.4, 0.5) is 5.82 Å². The van der Waals surface area contributed by atoms with Gasteiger partial charge in [0.2, 0.25) is 0 Å². The first-order chi connectivity index (χ1) is 18.0. The molecular formula is C27H21IN6O3. The fourth-order valence-corrected chi connectivity index (χ4v) is 4.44. The van der Waals surface area contributed by atoms with E-state index in [1.54, 1.807) is 28.9 Å². The molecule has 0 spiro atoms. The maximum atomic E-state index is 12.7. The third kappa shape index (κ3) is 5.28. The molecule has 10 heteroatoms. The molecule has 5 aromatic rings. The molecule has 5 rings (SSSR count). The van der Waals surface area contributed by atoms with Crippen LogP contribution in [0.1, 0.15) is 23.0 Å². The van der Waals surface area contributed by atoms with Gasteiger partial charge in [-0.1, -0.05) is 48.5 Å². The van der Waals surface area contributed by atoms with E-state index in [4.69, 9.17) is 19.8 Å². The standard InChI is InChI=1S/C27H21IN6O3/c1-17(35)37-16-22-23(28)24(33-34(22)19-12-6-3-7-13-19)25-26(30-21-15-9-8-14-20(21)29-25)31-32-27(36)18-10-4-2-5-11-18/h2-15H,16H2,1H3,(H,30,31)(H,32,36). The lowest BCUT2D eigenvalue weighted by atomic mass is 10.2. The van der Waals surface area contributed by atoms with E-state index in [2.05, 4.69) is 33.4 Å². The van der Waals surface area contributed by atoms with Gasteiger partial charge in [0.15, 0.2) is 5.82 Å². The van der Waals surface area contributed by atoms with E-state index in [-0.39, 0.29) is 12.5 Å². The Bertz CT molecular complexity index is 1590. The van der Waals surface area contributed by atoms with E-state index in [0.29, 0.717) is 39.5 Å². The molecule has 3 aromatic carbocycles. The van der Waals surface area contributed by atoms with Gasteiger partial charge in [0.25, 0.3) is 5.91 Å². The minimum Gasteiger partial charge on any atom is -0.459 e. The number of ether oxygens (including phenoxy) is 1. The topological polar surface area (TPSA) is 111 Å². The summed E-state index contributed by atoms with van der Waals surface area (Å²) < 4.78 is 7.80. The molecule has 0 aliphatic heterocycles. The van der Waals surface area contributed by atoms with Crippen molar-refractivity contribution < 1.29 is 14.3 Å². The second kappa shape index (κ2) is 10.7. The molecule has 0 aliphatic carbocycles. The Labute approximate surface area is 226 Å². The molecule has 2 aromatic heterocycles. The van der Waals surface area contributed by atoms with Gasteiger partial charge in [-0.15, -0.1) is 0 Å². The van der Waals surface area contributed by atoms with Crippen molar-refractivity contribution in [3.05, 3.63) is 99.8 Å². The van der Waals surface area contributed by atoms with Crippen molar-refractivity contribution >= 4 is 51.3 Å². The molecule has 0 fully saturated rings. The van der Waals surface area contributed by atoms with Gasteiger partial charge >= 0.3 is 5.97 Å². The van der Waals surface area contributed by atoms with E-state index < -0.39 is 5.97 Å². The number of nitrogens with zero attached hydrogens (tertiary/aromatic N) is 4. The predicted molar refractivity (Wildman–Crippen MR) is 148 cm³/mol. The largest absolute Gasteiger partial charge is 0.459 e. The molecule has 9 nitrogen and oxygen atoms in total. The monoisotopic (exact) mass is 604 g/mol. The minimum atomic E-state index is -0.394. The Morgan fingerprint density at radius 1 is 0.865 bits per heavy atom. The summed E-state index contributed by atoms with van der Waals surface area (Å²) in [6.45, 7) is 1.40. The molecule has 0 radical (unpaired) electrons. The quantitative estimate of drug-likeness (QED) is 0.154. The highest BCUT2D eigenvalue weighted by Gasteiger charge is 2.24. The van der Waals surface area contributed by atoms with Crippen molar-refractivity contribution in [2.45, 2.75) is 13.5 Å². The Kier molecular flexibility index (Phi) is 7.08. The van der Waals surface area contributed by atoms with Crippen LogP contribution in [0, 0.1) is 3.57 Å². The number of fused-ring (bicyclic) bond motifs is 1. The number of amides is 1. The van der Waals surface area contributed by atoms with E-state index >= 15 is 0 Å². The minimum absolute atomic E-state index is 0.0318. The first-order valence-corrected chi connectivity index (χ1v) is 12.4. The number of aromatic nitrogens is 4. The first-order valence-electron chi connectivity index (χ1n) is 11.4. The van der Waals surface area contributed by atoms with Crippen molar-refractivity contribution in [3.8, 4) is 17.1 Å². The van der Waals surface area contributed by atoms with Crippen LogP contribution in [0.25, 0.3) is 28.1 Å². The van der Waals surface area contributed by atoms with Gasteiger partial charge in [0.1, 0.15) is 18.0 Å². The van der Waals surface area contributed by atoms with Crippen molar-refractivity contribution in [1.82, 2.24) is 25.2 Å².